The van der Waals surface area contributed by atoms with E-state index in [1.54, 1.807) is 25.2 Å². The Balaban J connectivity index is 4.34. The summed E-state index contributed by atoms with van der Waals surface area (Å²) in [6.07, 6.45) is 6.91. The summed E-state index contributed by atoms with van der Waals surface area (Å²) in [5.74, 6) is -1.21. The number of hydrogen-bond acceptors (Lipinski definition) is 2. The summed E-state index contributed by atoms with van der Waals surface area (Å²) in [5, 5.41) is 8.66. The van der Waals surface area contributed by atoms with Gasteiger partial charge in [-0.1, -0.05) is 25.7 Å². The predicted molar refractivity (Wildman–Crippen MR) is 53.0 cm³/mol. The van der Waals surface area contributed by atoms with Crippen molar-refractivity contribution < 1.29 is 9.90 Å². The van der Waals surface area contributed by atoms with Gasteiger partial charge in [-0.25, -0.2) is 0 Å². The molecule has 1 unspecified atom stereocenters. The highest BCUT2D eigenvalue weighted by molar-refractivity contribution is 5.70. The van der Waals surface area contributed by atoms with Crippen LogP contribution >= 0.6 is 0 Å². The molecule has 3 nitrogen and oxygen atoms in total. The normalized spacial score (nSPS) is 14.4. The number of carboxylic acid groups (broad SMARTS) is 1. The van der Waals surface area contributed by atoms with Gasteiger partial charge in [0, 0.05) is 0 Å². The molecule has 0 heterocycles. The van der Waals surface area contributed by atoms with Gasteiger partial charge in [-0.2, -0.15) is 0 Å². The van der Waals surface area contributed by atoms with E-state index in [-0.39, 0.29) is 0 Å². The quantitative estimate of drug-likeness (QED) is 0.634. The summed E-state index contributed by atoms with van der Waals surface area (Å²) >= 11 is 0. The molecule has 0 rings (SSSR count). The molecular formula is C10H15NO2. The molecule has 3 N–H and O–H groups in total. The van der Waals surface area contributed by atoms with Crippen molar-refractivity contribution in [2.45, 2.75) is 13.3 Å². The molecule has 13 heavy (non-hydrogen) atoms. The molecule has 0 bridgehead atoms. The van der Waals surface area contributed by atoms with E-state index in [4.69, 9.17) is 10.8 Å². The highest BCUT2D eigenvalue weighted by atomic mass is 16.4. The number of allylic oxidation sites excluding steroid dienone is 4. The monoisotopic (exact) mass is 181 g/mol. The van der Waals surface area contributed by atoms with Gasteiger partial charge >= 0.3 is 5.97 Å². The highest BCUT2D eigenvalue weighted by Crippen LogP contribution is 2.12. The summed E-state index contributed by atoms with van der Waals surface area (Å²) in [6.45, 7) is 5.19. The van der Waals surface area contributed by atoms with E-state index in [1.165, 1.54) is 6.20 Å². The van der Waals surface area contributed by atoms with Gasteiger partial charge < -0.3 is 10.8 Å². The molecule has 0 aliphatic heterocycles. The van der Waals surface area contributed by atoms with Crippen LogP contribution in [0.2, 0.25) is 0 Å². The summed E-state index contributed by atoms with van der Waals surface area (Å²) in [5.41, 5.74) is 6.08. The molecule has 0 aliphatic carbocycles. The summed E-state index contributed by atoms with van der Waals surface area (Å²) in [6, 6.07) is 0. The lowest BCUT2D eigenvalue weighted by atomic mass is 10.0. The lowest BCUT2D eigenvalue weighted by molar-refractivity contribution is -0.141. The second-order valence-electron chi connectivity index (χ2n) is 2.78. The van der Waals surface area contributed by atoms with Crippen LogP contribution in [0.1, 0.15) is 13.3 Å². The van der Waals surface area contributed by atoms with E-state index in [0.29, 0.717) is 6.42 Å². The van der Waals surface area contributed by atoms with Gasteiger partial charge in [-0.15, -0.1) is 0 Å². The smallest absolute Gasteiger partial charge is 0.306 e. The van der Waals surface area contributed by atoms with Crippen molar-refractivity contribution in [2.75, 3.05) is 0 Å². The average Bonchev–Trinajstić information content (AvgIpc) is 2.05. The molecule has 3 heteroatoms. The van der Waals surface area contributed by atoms with Crippen LogP contribution in [0.5, 0.6) is 0 Å². The van der Waals surface area contributed by atoms with Crippen LogP contribution in [0.15, 0.2) is 36.6 Å². The lowest BCUT2D eigenvalue weighted by Crippen LogP contribution is -2.09. The number of carboxylic acids is 1. The fourth-order valence-electron chi connectivity index (χ4n) is 0.907. The zero-order valence-corrected chi connectivity index (χ0v) is 7.73. The van der Waals surface area contributed by atoms with Crippen LogP contribution in [0.4, 0.5) is 0 Å². The second-order valence-corrected chi connectivity index (χ2v) is 2.78. The molecule has 1 atom stereocenters. The Morgan fingerprint density at radius 2 is 2.31 bits per heavy atom. The van der Waals surface area contributed by atoms with Gasteiger partial charge in [0.25, 0.3) is 0 Å². The molecule has 0 amide bonds. The third kappa shape index (κ3) is 4.85. The lowest BCUT2D eigenvalue weighted by Gasteiger charge is -2.05. The van der Waals surface area contributed by atoms with Crippen LogP contribution in [-0.2, 0) is 4.79 Å². The topological polar surface area (TPSA) is 63.3 Å². The molecule has 72 valence electrons. The van der Waals surface area contributed by atoms with Crippen molar-refractivity contribution in [1.82, 2.24) is 0 Å². The molecule has 0 fully saturated rings. The van der Waals surface area contributed by atoms with Crippen LogP contribution in [0.3, 0.4) is 0 Å². The molecule has 0 radical (unpaired) electrons. The summed E-state index contributed by atoms with van der Waals surface area (Å²) < 4.78 is 0. The Kier molecular flexibility index (Phi) is 5.35. The largest absolute Gasteiger partial charge is 0.481 e. The second kappa shape index (κ2) is 6.06. The molecule has 0 spiro atoms. The van der Waals surface area contributed by atoms with Crippen molar-refractivity contribution in [3.8, 4) is 0 Å². The van der Waals surface area contributed by atoms with Gasteiger partial charge in [0.15, 0.2) is 0 Å². The van der Waals surface area contributed by atoms with Crippen molar-refractivity contribution in [1.29, 1.82) is 0 Å². The fraction of sp³-hybridized carbons (Fsp3) is 0.300. The number of nitrogens with two attached hydrogens (primary N) is 1. The molecule has 0 aliphatic rings. The van der Waals surface area contributed by atoms with Crippen LogP contribution in [0.25, 0.3) is 0 Å². The number of rotatable bonds is 5. The average molecular weight is 181 g/mol. The number of aliphatic carboxylic acids is 1. The van der Waals surface area contributed by atoms with Crippen LogP contribution in [-0.4, -0.2) is 11.1 Å². The minimum absolute atomic E-state index is 0.401. The minimum atomic E-state index is -0.805. The first-order valence-electron chi connectivity index (χ1n) is 4.04. The van der Waals surface area contributed by atoms with E-state index < -0.39 is 11.9 Å². The third-order valence-corrected chi connectivity index (χ3v) is 1.61. The highest BCUT2D eigenvalue weighted by Gasteiger charge is 2.11. The maximum Gasteiger partial charge on any atom is 0.306 e. The van der Waals surface area contributed by atoms with Gasteiger partial charge in [0.05, 0.1) is 5.92 Å². The van der Waals surface area contributed by atoms with Crippen molar-refractivity contribution in [3.05, 3.63) is 36.6 Å². The summed E-state index contributed by atoms with van der Waals surface area (Å²) in [7, 11) is 0. The number of carbonyl (C=O) groups is 1. The fourth-order valence-corrected chi connectivity index (χ4v) is 0.907. The van der Waals surface area contributed by atoms with Crippen LogP contribution < -0.4 is 5.73 Å². The van der Waals surface area contributed by atoms with E-state index in [2.05, 4.69) is 6.58 Å². The van der Waals surface area contributed by atoms with Crippen LogP contribution in [0, 0.1) is 5.92 Å². The Morgan fingerprint density at radius 3 is 2.69 bits per heavy atom. The molecular weight excluding hydrogens is 166 g/mol. The zero-order valence-electron chi connectivity index (χ0n) is 7.73. The third-order valence-electron chi connectivity index (χ3n) is 1.61. The first-order valence-corrected chi connectivity index (χ1v) is 4.04. The maximum absolute atomic E-state index is 10.5. The van der Waals surface area contributed by atoms with Gasteiger partial charge in [-0.3, -0.25) is 4.79 Å². The van der Waals surface area contributed by atoms with E-state index in [9.17, 15) is 4.79 Å². The predicted octanol–water partition coefficient (Wildman–Crippen LogP) is 1.68. The van der Waals surface area contributed by atoms with E-state index in [0.717, 1.165) is 5.57 Å². The molecule has 0 saturated carbocycles. The Labute approximate surface area is 78.3 Å². The number of hydrogen-bond donors (Lipinski definition) is 2. The van der Waals surface area contributed by atoms with Gasteiger partial charge in [0.1, 0.15) is 0 Å². The minimum Gasteiger partial charge on any atom is -0.481 e. The molecule has 0 aromatic carbocycles. The van der Waals surface area contributed by atoms with Crippen molar-refractivity contribution in [3.63, 3.8) is 0 Å². The van der Waals surface area contributed by atoms with Gasteiger partial charge in [0.2, 0.25) is 0 Å². The van der Waals surface area contributed by atoms with Crippen molar-refractivity contribution >= 4 is 5.97 Å². The molecule has 0 aromatic heterocycles. The van der Waals surface area contributed by atoms with E-state index >= 15 is 0 Å². The van der Waals surface area contributed by atoms with E-state index in [1.807, 2.05) is 0 Å². The Bertz CT molecular complexity index is 241. The molecule has 0 saturated heterocycles. The summed E-state index contributed by atoms with van der Waals surface area (Å²) in [4.78, 5) is 10.5. The first-order chi connectivity index (χ1) is 6.11. The van der Waals surface area contributed by atoms with Crippen molar-refractivity contribution in [2.24, 2.45) is 11.7 Å². The first kappa shape index (κ1) is 11.5. The Morgan fingerprint density at radius 1 is 1.69 bits per heavy atom. The zero-order chi connectivity index (χ0) is 10.3. The SMILES string of the molecule is C=CC=C(C=CN)CC(C)C(=O)O. The maximum atomic E-state index is 10.5. The molecule has 0 aromatic rings. The van der Waals surface area contributed by atoms with Gasteiger partial charge in [-0.05, 0) is 24.3 Å². The standard InChI is InChI=1S/C10H15NO2/c1-3-4-9(5-6-11)7-8(2)10(12)13/h3-6,8H,1,7,11H2,2H3,(H,12,13). The Hall–Kier alpha value is -1.51.